The van der Waals surface area contributed by atoms with Crippen LogP contribution >= 0.6 is 0 Å². The van der Waals surface area contributed by atoms with Crippen molar-refractivity contribution in [2.45, 2.75) is 19.3 Å². The highest BCUT2D eigenvalue weighted by molar-refractivity contribution is 6.17. The van der Waals surface area contributed by atoms with Gasteiger partial charge in [-0.2, -0.15) is 15.6 Å². The molecule has 0 aromatic rings. The van der Waals surface area contributed by atoms with Gasteiger partial charge < -0.3 is 20.2 Å². The van der Waals surface area contributed by atoms with Crippen molar-refractivity contribution in [2.75, 3.05) is 28.3 Å². The van der Waals surface area contributed by atoms with Gasteiger partial charge in [-0.15, -0.1) is 0 Å². The number of nitrogens with zero attached hydrogens (tertiary/aromatic N) is 5. The molecule has 1 heterocycles. The maximum Gasteiger partial charge on any atom is 0.292 e. The molecule has 1 fully saturated rings. The number of nitriles is 2. The molecule has 0 unspecified atom stereocenters. The summed E-state index contributed by atoms with van der Waals surface area (Å²) in [6.07, 6.45) is 0.435. The van der Waals surface area contributed by atoms with Gasteiger partial charge in [0.15, 0.2) is 10.8 Å². The summed E-state index contributed by atoms with van der Waals surface area (Å²) in [4.78, 5) is 4.24. The summed E-state index contributed by atoms with van der Waals surface area (Å²) in [5, 5.41) is 25.9. The highest BCUT2D eigenvalue weighted by Crippen LogP contribution is 2.64. The van der Waals surface area contributed by atoms with Gasteiger partial charge in [0.25, 0.3) is 5.91 Å². The fourth-order valence-corrected chi connectivity index (χ4v) is 3.75. The molecule has 0 aromatic carbocycles. The van der Waals surface area contributed by atoms with Crippen molar-refractivity contribution in [2.24, 2.45) is 32.6 Å². The van der Waals surface area contributed by atoms with E-state index >= 15 is 0 Å². The number of aliphatic imine (C=N–C) groups is 1. The lowest BCUT2D eigenvalue weighted by molar-refractivity contribution is -0.263. The summed E-state index contributed by atoms with van der Waals surface area (Å²) in [5.41, 5.74) is 3.75. The van der Waals surface area contributed by atoms with E-state index in [0.717, 1.165) is 0 Å². The van der Waals surface area contributed by atoms with E-state index < -0.39 is 16.7 Å². The highest BCUT2D eigenvalue weighted by Gasteiger charge is 2.80. The highest BCUT2D eigenvalue weighted by atomic mass is 16.7. The lowest BCUT2D eigenvalue weighted by Crippen LogP contribution is -2.57. The average molecular weight is 304 g/mol. The van der Waals surface area contributed by atoms with E-state index in [9.17, 15) is 10.5 Å². The van der Waals surface area contributed by atoms with Gasteiger partial charge >= 0.3 is 0 Å². The summed E-state index contributed by atoms with van der Waals surface area (Å²) in [6.45, 7) is 1.86. The summed E-state index contributed by atoms with van der Waals surface area (Å²) < 4.78 is 10.9. The van der Waals surface area contributed by atoms with Crippen molar-refractivity contribution >= 4 is 11.5 Å². The molecule has 118 valence electrons. The van der Waals surface area contributed by atoms with Crippen LogP contribution in [0, 0.1) is 39.4 Å². The van der Waals surface area contributed by atoms with Crippen molar-refractivity contribution in [3.63, 3.8) is 0 Å². The second-order valence-electron chi connectivity index (χ2n) is 5.77. The third-order valence-corrected chi connectivity index (χ3v) is 4.63. The second kappa shape index (κ2) is 4.94. The average Bonchev–Trinajstić information content (AvgIpc) is 2.86. The number of hydrazone groups is 1. The standard InChI is InChI=1S/C14H20N6O2/c1-9-6-10(19-20(2)3)12(7-15)11(17)18-14(21-4,22-5)13(9,12)8-16/h9H,6H2,1-5H3,(H2,17,18)/b19-10-/t9-,12+,13+/m0/s1. The Bertz CT molecular complexity index is 624. The maximum absolute atomic E-state index is 10.0. The lowest BCUT2D eigenvalue weighted by Gasteiger charge is -2.41. The van der Waals surface area contributed by atoms with Gasteiger partial charge in [-0.3, -0.25) is 0 Å². The zero-order valence-electron chi connectivity index (χ0n) is 13.4. The van der Waals surface area contributed by atoms with Crippen LogP contribution in [0.1, 0.15) is 13.3 Å². The Morgan fingerprint density at radius 3 is 2.32 bits per heavy atom. The Morgan fingerprint density at radius 1 is 1.32 bits per heavy atom. The fraction of sp³-hybridized carbons (Fsp3) is 0.714. The number of amidine groups is 1. The predicted molar refractivity (Wildman–Crippen MR) is 79.4 cm³/mol. The monoisotopic (exact) mass is 304 g/mol. The number of fused-ring (bicyclic) bond motifs is 1. The van der Waals surface area contributed by atoms with Crippen LogP contribution in [0.15, 0.2) is 10.1 Å². The molecule has 0 saturated heterocycles. The molecule has 0 amide bonds. The molecule has 8 nitrogen and oxygen atoms in total. The summed E-state index contributed by atoms with van der Waals surface area (Å²) in [7, 11) is 6.27. The lowest BCUT2D eigenvalue weighted by atomic mass is 9.62. The van der Waals surface area contributed by atoms with Crippen LogP contribution in [0.2, 0.25) is 0 Å². The van der Waals surface area contributed by atoms with Crippen molar-refractivity contribution in [3.8, 4) is 12.1 Å². The molecule has 1 aliphatic heterocycles. The number of hydrogen-bond donors (Lipinski definition) is 1. The van der Waals surface area contributed by atoms with E-state index in [0.29, 0.717) is 12.1 Å². The second-order valence-corrected chi connectivity index (χ2v) is 5.77. The third kappa shape index (κ3) is 1.46. The Morgan fingerprint density at radius 2 is 1.91 bits per heavy atom. The quantitative estimate of drug-likeness (QED) is 0.590. The first kappa shape index (κ1) is 16.2. The van der Waals surface area contributed by atoms with E-state index in [1.54, 1.807) is 19.1 Å². The maximum atomic E-state index is 10.0. The number of ether oxygens (including phenoxy) is 2. The molecule has 2 rings (SSSR count). The molecule has 8 heteroatoms. The van der Waals surface area contributed by atoms with Crippen molar-refractivity contribution in [1.82, 2.24) is 5.01 Å². The van der Waals surface area contributed by atoms with Crippen LogP contribution in [0.5, 0.6) is 0 Å². The van der Waals surface area contributed by atoms with E-state index in [2.05, 4.69) is 22.2 Å². The van der Waals surface area contributed by atoms with Gasteiger partial charge in [0.1, 0.15) is 5.84 Å². The topological polar surface area (TPSA) is 120 Å². The number of rotatable bonds is 3. The molecule has 0 radical (unpaired) electrons. The molecule has 3 atom stereocenters. The van der Waals surface area contributed by atoms with E-state index in [1.807, 2.05) is 6.92 Å². The molecule has 0 aromatic heterocycles. The normalized spacial score (nSPS) is 37.3. The Kier molecular flexibility index (Phi) is 3.64. The van der Waals surface area contributed by atoms with Gasteiger partial charge in [0, 0.05) is 28.3 Å². The Hall–Kier alpha value is -2.16. The number of nitrogens with two attached hydrogens (primary N) is 1. The van der Waals surface area contributed by atoms with Crippen molar-refractivity contribution in [3.05, 3.63) is 0 Å². The summed E-state index contributed by atoms with van der Waals surface area (Å²) in [5.74, 6) is -1.89. The molecule has 1 saturated carbocycles. The van der Waals surface area contributed by atoms with Crippen LogP contribution < -0.4 is 5.73 Å². The summed E-state index contributed by atoms with van der Waals surface area (Å²) in [6, 6.07) is 4.44. The molecule has 0 spiro atoms. The smallest absolute Gasteiger partial charge is 0.292 e. The Labute approximate surface area is 129 Å². The van der Waals surface area contributed by atoms with E-state index in [4.69, 9.17) is 15.2 Å². The van der Waals surface area contributed by atoms with Crippen molar-refractivity contribution < 1.29 is 9.47 Å². The van der Waals surface area contributed by atoms with Crippen LogP contribution in [-0.2, 0) is 9.47 Å². The first-order valence-corrected chi connectivity index (χ1v) is 6.85. The minimum atomic E-state index is -1.62. The van der Waals surface area contributed by atoms with Gasteiger partial charge in [-0.25, -0.2) is 4.99 Å². The largest absolute Gasteiger partial charge is 0.386 e. The van der Waals surface area contributed by atoms with Gasteiger partial charge in [0.2, 0.25) is 0 Å². The molecule has 1 aliphatic carbocycles. The zero-order chi connectivity index (χ0) is 16.8. The molecular formula is C14H20N6O2. The van der Waals surface area contributed by atoms with E-state index in [1.165, 1.54) is 14.2 Å². The SMILES string of the molecule is COC1(OC)N=C(N)[C@@]2(C#N)/C(=N\N(C)C)C[C@H](C)[C@@]12C#N. The van der Waals surface area contributed by atoms with Gasteiger partial charge in [-0.1, -0.05) is 6.92 Å². The van der Waals surface area contributed by atoms with Crippen LogP contribution in [0.25, 0.3) is 0 Å². The van der Waals surface area contributed by atoms with Crippen LogP contribution in [0.4, 0.5) is 0 Å². The Balaban J connectivity index is 2.86. The van der Waals surface area contributed by atoms with Crippen molar-refractivity contribution in [1.29, 1.82) is 10.5 Å². The van der Waals surface area contributed by atoms with Gasteiger partial charge in [-0.05, 0) is 12.3 Å². The molecule has 22 heavy (non-hydrogen) atoms. The number of hydrogen-bond acceptors (Lipinski definition) is 8. The third-order valence-electron chi connectivity index (χ3n) is 4.63. The number of methoxy groups -OCH3 is 2. The zero-order valence-corrected chi connectivity index (χ0v) is 13.4. The van der Waals surface area contributed by atoms with Crippen LogP contribution in [0.3, 0.4) is 0 Å². The molecule has 2 N–H and O–H groups in total. The predicted octanol–water partition coefficient (Wildman–Crippen LogP) is 0.281. The fourth-order valence-electron chi connectivity index (χ4n) is 3.75. The first-order valence-electron chi connectivity index (χ1n) is 6.85. The summed E-state index contributed by atoms with van der Waals surface area (Å²) >= 11 is 0. The first-order chi connectivity index (χ1) is 10.3. The van der Waals surface area contributed by atoms with Crippen LogP contribution in [-0.4, -0.2) is 50.8 Å². The van der Waals surface area contributed by atoms with Gasteiger partial charge in [0.05, 0.1) is 17.9 Å². The minimum absolute atomic E-state index is 0.00481. The molecule has 0 bridgehead atoms. The molecular weight excluding hydrogens is 284 g/mol. The molecule has 2 aliphatic rings. The minimum Gasteiger partial charge on any atom is -0.386 e. The van der Waals surface area contributed by atoms with E-state index in [-0.39, 0.29) is 11.8 Å².